The Labute approximate surface area is 213 Å². The number of fused-ring (bicyclic) bond motifs is 1. The fraction of sp³-hybridized carbons (Fsp3) is 0.185. The first-order chi connectivity index (χ1) is 18.0. The van der Waals surface area contributed by atoms with Gasteiger partial charge in [-0.15, -0.1) is 0 Å². The van der Waals surface area contributed by atoms with Crippen LogP contribution >= 0.6 is 0 Å². The first-order valence-electron chi connectivity index (χ1n) is 11.2. The van der Waals surface area contributed by atoms with Gasteiger partial charge in [-0.05, 0) is 56.7 Å². The van der Waals surface area contributed by atoms with Gasteiger partial charge in [0.15, 0.2) is 17.6 Å². The number of carbonyl (C=O) groups is 2. The number of rotatable bonds is 7. The first kappa shape index (κ1) is 26.6. The highest BCUT2D eigenvalue weighted by Gasteiger charge is 2.32. The van der Waals surface area contributed by atoms with Crippen LogP contribution in [0.15, 0.2) is 42.2 Å². The zero-order valence-corrected chi connectivity index (χ0v) is 20.2. The summed E-state index contributed by atoms with van der Waals surface area (Å²) in [5, 5.41) is 0. The Morgan fingerprint density at radius 2 is 1.55 bits per heavy atom. The van der Waals surface area contributed by atoms with Crippen LogP contribution in [-0.4, -0.2) is 24.5 Å². The smallest absolute Gasteiger partial charge is 0.352 e. The van der Waals surface area contributed by atoms with Crippen molar-refractivity contribution in [3.8, 4) is 23.0 Å². The molecule has 3 aromatic carbocycles. The maximum absolute atomic E-state index is 13.9. The van der Waals surface area contributed by atoms with Crippen LogP contribution in [0.25, 0.3) is 6.08 Å². The molecule has 1 atom stereocenters. The van der Waals surface area contributed by atoms with Crippen LogP contribution in [0.1, 0.15) is 35.3 Å². The largest absolute Gasteiger partial charge is 0.494 e. The Hall–Kier alpha value is -4.41. The number of hydrogen-bond acceptors (Lipinski definition) is 6. The fourth-order valence-electron chi connectivity index (χ4n) is 3.56. The number of ether oxygens (including phenoxy) is 4. The molecule has 3 aromatic rings. The lowest BCUT2D eigenvalue weighted by molar-refractivity contribution is -0.141. The van der Waals surface area contributed by atoms with E-state index in [4.69, 9.17) is 18.9 Å². The van der Waals surface area contributed by atoms with Gasteiger partial charge in [-0.25, -0.2) is 18.0 Å². The third-order valence-electron chi connectivity index (χ3n) is 5.53. The van der Waals surface area contributed by atoms with Crippen molar-refractivity contribution in [3.05, 3.63) is 87.9 Å². The molecule has 0 bridgehead atoms. The van der Waals surface area contributed by atoms with Crippen LogP contribution in [0.2, 0.25) is 0 Å². The van der Waals surface area contributed by atoms with Crippen LogP contribution in [0.4, 0.5) is 22.0 Å². The molecule has 1 aliphatic heterocycles. The number of benzene rings is 3. The maximum atomic E-state index is 13.9. The van der Waals surface area contributed by atoms with Gasteiger partial charge < -0.3 is 18.9 Å². The monoisotopic (exact) mass is 534 g/mol. The van der Waals surface area contributed by atoms with Gasteiger partial charge >= 0.3 is 5.97 Å². The number of allylic oxidation sites excluding steroid dienone is 1. The molecule has 198 valence electrons. The zero-order chi connectivity index (χ0) is 27.7. The molecule has 38 heavy (non-hydrogen) atoms. The summed E-state index contributed by atoms with van der Waals surface area (Å²) in [7, 11) is 0. The summed E-state index contributed by atoms with van der Waals surface area (Å²) in [5.41, 5.74) is 1.14. The molecule has 4 rings (SSSR count). The molecular weight excluding hydrogens is 515 g/mol. The van der Waals surface area contributed by atoms with Crippen LogP contribution in [0.3, 0.4) is 0 Å². The number of halogens is 5. The van der Waals surface area contributed by atoms with Crippen LogP contribution in [0, 0.1) is 36.0 Å². The molecule has 0 aliphatic carbocycles. The highest BCUT2D eigenvalue weighted by Crippen LogP contribution is 2.39. The number of esters is 1. The van der Waals surface area contributed by atoms with Gasteiger partial charge in [-0.3, -0.25) is 4.79 Å². The van der Waals surface area contributed by atoms with E-state index in [0.29, 0.717) is 17.9 Å². The van der Waals surface area contributed by atoms with Crippen LogP contribution < -0.4 is 18.9 Å². The summed E-state index contributed by atoms with van der Waals surface area (Å²) in [6.07, 6.45) is -0.239. The highest BCUT2D eigenvalue weighted by molar-refractivity contribution is 6.15. The molecule has 0 aromatic heterocycles. The van der Waals surface area contributed by atoms with Crippen LogP contribution in [-0.2, 0) is 4.79 Å². The Kier molecular flexibility index (Phi) is 7.38. The number of hydrogen-bond donors (Lipinski definition) is 0. The number of ketones is 1. The van der Waals surface area contributed by atoms with Crippen molar-refractivity contribution < 1.29 is 50.5 Å². The SMILES string of the molecule is CCOc1ccc(/C=C2\Oc3c(ccc(OC(=O)C(C)Oc4c(F)c(F)c(F)c(F)c4F)c3C)C2=O)cc1. The summed E-state index contributed by atoms with van der Waals surface area (Å²) in [6, 6.07) is 9.62. The normalized spacial score (nSPS) is 14.2. The van der Waals surface area contributed by atoms with Gasteiger partial charge in [0.25, 0.3) is 0 Å². The third-order valence-corrected chi connectivity index (χ3v) is 5.53. The van der Waals surface area contributed by atoms with Crippen molar-refractivity contribution in [1.29, 1.82) is 0 Å². The minimum absolute atomic E-state index is 0.0266. The summed E-state index contributed by atoms with van der Waals surface area (Å²) in [5.74, 6) is -13.7. The van der Waals surface area contributed by atoms with Gasteiger partial charge in [0, 0.05) is 5.56 Å². The number of carbonyl (C=O) groups excluding carboxylic acids is 2. The standard InChI is InChI=1S/C27H19F5O6/c1-4-35-15-7-5-14(6-8-15)11-18-24(33)16-9-10-17(12(2)25(16)37-18)38-27(34)13(3)36-26-22(31)20(29)19(28)21(30)23(26)32/h5-11,13H,4H2,1-3H3/b18-11-. The van der Waals surface area contributed by atoms with Crippen molar-refractivity contribution in [2.24, 2.45) is 0 Å². The van der Waals surface area contributed by atoms with E-state index in [0.717, 1.165) is 6.92 Å². The van der Waals surface area contributed by atoms with E-state index < -0.39 is 52.7 Å². The van der Waals surface area contributed by atoms with Crippen molar-refractivity contribution in [3.63, 3.8) is 0 Å². The van der Waals surface area contributed by atoms with Gasteiger partial charge in [-0.2, -0.15) is 8.78 Å². The molecule has 0 radical (unpaired) electrons. The van der Waals surface area contributed by atoms with Gasteiger partial charge in [0.2, 0.25) is 34.9 Å². The first-order valence-corrected chi connectivity index (χ1v) is 11.2. The lowest BCUT2D eigenvalue weighted by atomic mass is 10.1. The van der Waals surface area contributed by atoms with E-state index in [-0.39, 0.29) is 28.4 Å². The quantitative estimate of drug-likeness (QED) is 0.0914. The molecule has 11 heteroatoms. The van der Waals surface area contributed by atoms with E-state index in [1.807, 2.05) is 6.92 Å². The Morgan fingerprint density at radius 1 is 0.947 bits per heavy atom. The van der Waals surface area contributed by atoms with Crippen molar-refractivity contribution in [1.82, 2.24) is 0 Å². The summed E-state index contributed by atoms with van der Waals surface area (Å²) in [6.45, 7) is 4.86. The lowest BCUT2D eigenvalue weighted by Crippen LogP contribution is -2.29. The average molecular weight is 534 g/mol. The van der Waals surface area contributed by atoms with E-state index >= 15 is 0 Å². The maximum Gasteiger partial charge on any atom is 0.352 e. The molecule has 1 aliphatic rings. The molecule has 0 saturated heterocycles. The van der Waals surface area contributed by atoms with E-state index in [1.54, 1.807) is 24.3 Å². The van der Waals surface area contributed by atoms with E-state index in [2.05, 4.69) is 0 Å². The molecule has 0 fully saturated rings. The Bertz CT molecular complexity index is 1440. The molecule has 0 saturated carbocycles. The topological polar surface area (TPSA) is 71.1 Å². The summed E-state index contributed by atoms with van der Waals surface area (Å²) >= 11 is 0. The number of Topliss-reactive ketones (excluding diaryl/α,β-unsaturated/α-hetero) is 1. The molecular formula is C27H19F5O6. The minimum Gasteiger partial charge on any atom is -0.494 e. The molecule has 6 nitrogen and oxygen atoms in total. The summed E-state index contributed by atoms with van der Waals surface area (Å²) < 4.78 is 88.9. The van der Waals surface area contributed by atoms with E-state index in [9.17, 15) is 31.5 Å². The second kappa shape index (κ2) is 10.5. The molecule has 0 spiro atoms. The third kappa shape index (κ3) is 4.91. The molecule has 0 N–H and O–H groups in total. The van der Waals surface area contributed by atoms with E-state index in [1.165, 1.54) is 25.1 Å². The fourth-order valence-corrected chi connectivity index (χ4v) is 3.56. The van der Waals surface area contributed by atoms with Gasteiger partial charge in [-0.1, -0.05) is 12.1 Å². The molecule has 1 heterocycles. The second-order valence-electron chi connectivity index (χ2n) is 8.09. The van der Waals surface area contributed by atoms with Crippen molar-refractivity contribution in [2.45, 2.75) is 26.9 Å². The second-order valence-corrected chi connectivity index (χ2v) is 8.09. The Balaban J connectivity index is 1.51. The molecule has 0 amide bonds. The predicted molar refractivity (Wildman–Crippen MR) is 124 cm³/mol. The van der Waals surface area contributed by atoms with Crippen molar-refractivity contribution >= 4 is 17.8 Å². The van der Waals surface area contributed by atoms with Gasteiger partial charge in [0.05, 0.1) is 12.2 Å². The molecule has 1 unspecified atom stereocenters. The van der Waals surface area contributed by atoms with Crippen LogP contribution in [0.5, 0.6) is 23.0 Å². The van der Waals surface area contributed by atoms with Crippen molar-refractivity contribution in [2.75, 3.05) is 6.61 Å². The Morgan fingerprint density at radius 3 is 2.16 bits per heavy atom. The predicted octanol–water partition coefficient (Wildman–Crippen LogP) is 6.08. The highest BCUT2D eigenvalue weighted by atomic mass is 19.2. The zero-order valence-electron chi connectivity index (χ0n) is 20.2. The average Bonchev–Trinajstić information content (AvgIpc) is 3.22. The van der Waals surface area contributed by atoms with Gasteiger partial charge in [0.1, 0.15) is 17.2 Å². The summed E-state index contributed by atoms with van der Waals surface area (Å²) in [4.78, 5) is 25.3. The lowest BCUT2D eigenvalue weighted by Gasteiger charge is -2.16. The minimum atomic E-state index is -2.36.